The summed E-state index contributed by atoms with van der Waals surface area (Å²) in [5, 5.41) is 0. The molecule has 130 valence electrons. The van der Waals surface area contributed by atoms with Gasteiger partial charge in [0.05, 0.1) is 0 Å². The average Bonchev–Trinajstić information content (AvgIpc) is 2.66. The molecule has 1 amide bonds. The van der Waals surface area contributed by atoms with Gasteiger partial charge in [-0.1, -0.05) is 73.3 Å². The molecule has 3 nitrogen and oxygen atoms in total. The fourth-order valence-corrected chi connectivity index (χ4v) is 3.08. The lowest BCUT2D eigenvalue weighted by Gasteiger charge is -2.13. The number of primary amides is 1. The van der Waals surface area contributed by atoms with Crippen LogP contribution in [0.15, 0.2) is 73.3 Å². The lowest BCUT2D eigenvalue weighted by molar-refractivity contribution is -0.117. The zero-order chi connectivity index (χ0) is 18.5. The van der Waals surface area contributed by atoms with Crippen LogP contribution in [0.3, 0.4) is 0 Å². The topological polar surface area (TPSA) is 69.1 Å². The van der Waals surface area contributed by atoms with E-state index in [1.165, 1.54) is 0 Å². The molecular weight excluding hydrogens is 320 g/mol. The number of hydrogen-bond acceptors (Lipinski definition) is 2. The van der Waals surface area contributed by atoms with Crippen LogP contribution >= 0.6 is 0 Å². The van der Waals surface area contributed by atoms with E-state index in [9.17, 15) is 4.79 Å². The van der Waals surface area contributed by atoms with E-state index in [1.54, 1.807) is 6.08 Å². The van der Waals surface area contributed by atoms with Gasteiger partial charge < -0.3 is 11.5 Å². The molecule has 0 aromatic heterocycles. The van der Waals surface area contributed by atoms with Crippen LogP contribution in [0.2, 0.25) is 0 Å². The third kappa shape index (κ3) is 3.83. The Hall–Kier alpha value is -3.33. The van der Waals surface area contributed by atoms with Crippen LogP contribution < -0.4 is 11.5 Å². The first-order valence-electron chi connectivity index (χ1n) is 8.57. The van der Waals surface area contributed by atoms with Crippen molar-refractivity contribution >= 4 is 17.7 Å². The lowest BCUT2D eigenvalue weighted by atomic mass is 9.92. The molecule has 0 aliphatic carbocycles. The van der Waals surface area contributed by atoms with Crippen molar-refractivity contribution in [2.24, 2.45) is 5.73 Å². The molecule has 0 fully saturated rings. The molecule has 0 atom stereocenters. The molecule has 0 radical (unpaired) electrons. The molecule has 0 saturated heterocycles. The number of nitrogens with two attached hydrogens (primary N) is 2. The van der Waals surface area contributed by atoms with Crippen molar-refractivity contribution in [2.75, 3.05) is 5.73 Å². The highest BCUT2D eigenvalue weighted by Crippen LogP contribution is 2.31. The molecule has 0 heterocycles. The first-order valence-corrected chi connectivity index (χ1v) is 8.57. The van der Waals surface area contributed by atoms with Crippen LogP contribution in [-0.2, 0) is 11.2 Å². The van der Waals surface area contributed by atoms with Gasteiger partial charge in [0.2, 0.25) is 5.91 Å². The molecule has 0 bridgehead atoms. The third-order valence-electron chi connectivity index (χ3n) is 4.47. The number of carbonyl (C=O) groups is 1. The van der Waals surface area contributed by atoms with Crippen LogP contribution in [0.4, 0.5) is 5.69 Å². The quantitative estimate of drug-likeness (QED) is 0.639. The summed E-state index contributed by atoms with van der Waals surface area (Å²) in [6, 6.07) is 22.4. The van der Waals surface area contributed by atoms with Crippen molar-refractivity contribution in [3.63, 3.8) is 0 Å². The molecule has 4 N–H and O–H groups in total. The van der Waals surface area contributed by atoms with Gasteiger partial charge in [-0.25, -0.2) is 0 Å². The van der Waals surface area contributed by atoms with Gasteiger partial charge in [-0.3, -0.25) is 4.79 Å². The van der Waals surface area contributed by atoms with E-state index in [4.69, 9.17) is 11.5 Å². The summed E-state index contributed by atoms with van der Waals surface area (Å²) in [5.74, 6) is -0.303. The van der Waals surface area contributed by atoms with Crippen LogP contribution in [0, 0.1) is 0 Å². The highest BCUT2D eigenvalue weighted by molar-refractivity contribution is 5.79. The Bertz CT molecular complexity index is 946. The molecule has 0 aliphatic heterocycles. The molecule has 3 aromatic rings. The molecule has 3 heteroatoms. The van der Waals surface area contributed by atoms with Crippen molar-refractivity contribution in [1.82, 2.24) is 0 Å². The summed E-state index contributed by atoms with van der Waals surface area (Å²) in [6.07, 6.45) is 2.64. The maximum Gasteiger partial charge on any atom is 0.217 e. The molecule has 26 heavy (non-hydrogen) atoms. The molecular formula is C23H22N2O. The smallest absolute Gasteiger partial charge is 0.217 e. The van der Waals surface area contributed by atoms with Crippen LogP contribution in [0.1, 0.15) is 17.5 Å². The number of aryl methyl sites for hydroxylation is 1. The third-order valence-corrected chi connectivity index (χ3v) is 4.47. The van der Waals surface area contributed by atoms with E-state index >= 15 is 0 Å². The summed E-state index contributed by atoms with van der Waals surface area (Å²) < 4.78 is 0. The Labute approximate surface area is 154 Å². The molecule has 0 unspecified atom stereocenters. The number of nitrogen functional groups attached to an aromatic ring is 1. The second-order valence-electron chi connectivity index (χ2n) is 6.25. The molecule has 0 saturated carbocycles. The fraction of sp³-hybridized carbons (Fsp3) is 0.0870. The lowest BCUT2D eigenvalue weighted by Crippen LogP contribution is -2.11. The van der Waals surface area contributed by atoms with Gasteiger partial charge in [-0.05, 0) is 45.9 Å². The van der Waals surface area contributed by atoms with E-state index < -0.39 is 0 Å². The number of hydrogen-bond donors (Lipinski definition) is 2. The maximum atomic E-state index is 11.3. The summed E-state index contributed by atoms with van der Waals surface area (Å²) >= 11 is 0. The van der Waals surface area contributed by atoms with E-state index in [-0.39, 0.29) is 5.91 Å². The predicted molar refractivity (Wildman–Crippen MR) is 109 cm³/mol. The zero-order valence-corrected chi connectivity index (χ0v) is 14.6. The van der Waals surface area contributed by atoms with E-state index in [0.717, 1.165) is 33.4 Å². The summed E-state index contributed by atoms with van der Waals surface area (Å²) in [5.41, 5.74) is 18.5. The van der Waals surface area contributed by atoms with E-state index in [2.05, 4.69) is 36.9 Å². The van der Waals surface area contributed by atoms with Gasteiger partial charge in [0.1, 0.15) is 0 Å². The fourth-order valence-electron chi connectivity index (χ4n) is 3.08. The van der Waals surface area contributed by atoms with Crippen LogP contribution in [-0.4, -0.2) is 5.91 Å². The molecule has 3 aromatic carbocycles. The first-order chi connectivity index (χ1) is 12.6. The molecule has 0 spiro atoms. The van der Waals surface area contributed by atoms with Gasteiger partial charge in [0.25, 0.3) is 0 Å². The van der Waals surface area contributed by atoms with Crippen molar-refractivity contribution in [3.05, 3.63) is 84.4 Å². The first kappa shape index (κ1) is 17.5. The number of amides is 1. The second-order valence-corrected chi connectivity index (χ2v) is 6.25. The van der Waals surface area contributed by atoms with Crippen molar-refractivity contribution in [3.8, 4) is 22.3 Å². The number of anilines is 1. The maximum absolute atomic E-state index is 11.3. The van der Waals surface area contributed by atoms with Gasteiger partial charge in [-0.2, -0.15) is 0 Å². The van der Waals surface area contributed by atoms with Gasteiger partial charge in [-0.15, -0.1) is 0 Å². The number of rotatable bonds is 6. The van der Waals surface area contributed by atoms with Crippen LogP contribution in [0.5, 0.6) is 0 Å². The minimum absolute atomic E-state index is 0.303. The second kappa shape index (κ2) is 7.70. The zero-order valence-electron chi connectivity index (χ0n) is 14.6. The Morgan fingerprint density at radius 2 is 1.65 bits per heavy atom. The van der Waals surface area contributed by atoms with Crippen molar-refractivity contribution < 1.29 is 4.79 Å². The highest BCUT2D eigenvalue weighted by atomic mass is 16.1. The summed E-state index contributed by atoms with van der Waals surface area (Å²) in [7, 11) is 0. The average molecular weight is 342 g/mol. The van der Waals surface area contributed by atoms with E-state index in [1.807, 2.05) is 36.4 Å². The summed E-state index contributed by atoms with van der Waals surface area (Å²) in [6.45, 7) is 3.77. The van der Waals surface area contributed by atoms with Gasteiger partial charge >= 0.3 is 0 Å². The van der Waals surface area contributed by atoms with Crippen molar-refractivity contribution in [1.29, 1.82) is 0 Å². The highest BCUT2D eigenvalue weighted by Gasteiger charge is 2.10. The molecule has 0 aliphatic rings. The minimum Gasteiger partial charge on any atom is -0.398 e. The SMILES string of the molecule is C=Cc1ccc(-c2ccc(-c3ccccc3)cc2CCC(N)=O)cc1N. The van der Waals surface area contributed by atoms with E-state index in [0.29, 0.717) is 18.5 Å². The normalized spacial score (nSPS) is 10.5. The Morgan fingerprint density at radius 3 is 2.31 bits per heavy atom. The molecule has 3 rings (SSSR count). The van der Waals surface area contributed by atoms with Gasteiger partial charge in [0, 0.05) is 12.1 Å². The monoisotopic (exact) mass is 342 g/mol. The largest absolute Gasteiger partial charge is 0.398 e. The Kier molecular flexibility index (Phi) is 5.18. The van der Waals surface area contributed by atoms with Crippen LogP contribution in [0.25, 0.3) is 28.3 Å². The predicted octanol–water partition coefficient (Wildman–Crippen LogP) is 4.66. The Morgan fingerprint density at radius 1 is 0.923 bits per heavy atom. The number of carbonyl (C=O) groups excluding carboxylic acids is 1. The Balaban J connectivity index is 2.07. The standard InChI is InChI=1S/C23H22N2O/c1-2-16-8-9-20(15-22(16)24)21-12-10-18(17-6-4-3-5-7-17)14-19(21)11-13-23(25)26/h2-10,12,14-15H,1,11,13,24H2,(H2,25,26). The minimum atomic E-state index is -0.303. The van der Waals surface area contributed by atoms with Crippen molar-refractivity contribution in [2.45, 2.75) is 12.8 Å². The summed E-state index contributed by atoms with van der Waals surface area (Å²) in [4.78, 5) is 11.3. The van der Waals surface area contributed by atoms with Gasteiger partial charge in [0.15, 0.2) is 0 Å². The number of benzene rings is 3.